The van der Waals surface area contributed by atoms with Crippen molar-refractivity contribution in [1.82, 2.24) is 15.2 Å². The average Bonchev–Trinajstić information content (AvgIpc) is 3.16. The molecule has 0 bridgehead atoms. The number of H-pyrrole nitrogens is 1. The second kappa shape index (κ2) is 6.93. The zero-order chi connectivity index (χ0) is 19.0. The van der Waals surface area contributed by atoms with Crippen LogP contribution in [0.5, 0.6) is 0 Å². The number of benzene rings is 2. The summed E-state index contributed by atoms with van der Waals surface area (Å²) in [5, 5.41) is 18.2. The highest BCUT2D eigenvalue weighted by Gasteiger charge is 2.60. The third-order valence-corrected chi connectivity index (χ3v) is 5.15. The first kappa shape index (κ1) is 17.9. The molecule has 2 atom stereocenters. The summed E-state index contributed by atoms with van der Waals surface area (Å²) in [6, 6.07) is 10.5. The summed E-state index contributed by atoms with van der Waals surface area (Å²) in [6.45, 7) is 0. The van der Waals surface area contributed by atoms with Gasteiger partial charge in [-0.15, -0.1) is 0 Å². The van der Waals surface area contributed by atoms with Gasteiger partial charge in [0.15, 0.2) is 11.0 Å². The van der Waals surface area contributed by atoms with Crippen LogP contribution in [0.1, 0.15) is 23.1 Å². The topological polar surface area (TPSA) is 77.9 Å². The highest BCUT2D eigenvalue weighted by Crippen LogP contribution is 2.60. The predicted octanol–water partition coefficient (Wildman–Crippen LogP) is 4.52. The number of thiocyanates is 1. The molecular weight excluding hydrogens is 394 g/mol. The second-order valence-electron chi connectivity index (χ2n) is 5.96. The third kappa shape index (κ3) is 3.30. The molecule has 5 nitrogen and oxygen atoms in total. The van der Waals surface area contributed by atoms with Gasteiger partial charge in [-0.3, -0.25) is 5.10 Å². The van der Waals surface area contributed by atoms with Gasteiger partial charge in [-0.05, 0) is 12.1 Å². The van der Waals surface area contributed by atoms with Gasteiger partial charge in [0.2, 0.25) is 0 Å². The summed E-state index contributed by atoms with van der Waals surface area (Å²) in [6.07, 6.45) is -0.398. The molecule has 2 aromatic carbocycles. The molecule has 27 heavy (non-hydrogen) atoms. The van der Waals surface area contributed by atoms with Crippen LogP contribution in [0, 0.1) is 22.3 Å². The lowest BCUT2D eigenvalue weighted by Gasteiger charge is -2.13. The Morgan fingerprint density at radius 3 is 2.85 bits per heavy atom. The molecule has 1 fully saturated rings. The standard InChI is InChI=1S/C18H11ClF2N4OS/c19-13-4-2-1-3-11(13)16-18(26-16,12-6-5-10(20)7-14(12)21)8-15-23-17(25-24-15)27-9-22/h1-7,16H,8H2,(H,23,24,25)/t16-,18-/m1/s1. The van der Waals surface area contributed by atoms with E-state index in [1.54, 1.807) is 18.2 Å². The van der Waals surface area contributed by atoms with Gasteiger partial charge in [-0.1, -0.05) is 35.9 Å². The zero-order valence-electron chi connectivity index (χ0n) is 13.6. The second-order valence-corrected chi connectivity index (χ2v) is 7.14. The van der Waals surface area contributed by atoms with E-state index in [2.05, 4.69) is 15.2 Å². The van der Waals surface area contributed by atoms with E-state index in [4.69, 9.17) is 21.6 Å². The SMILES string of the molecule is N#CSc1nc(C[C@]2(c3ccc(F)cc3F)O[C@@H]2c2ccccc2Cl)n[nH]1. The highest BCUT2D eigenvalue weighted by molar-refractivity contribution is 8.03. The highest BCUT2D eigenvalue weighted by atomic mass is 35.5. The first-order valence-electron chi connectivity index (χ1n) is 7.88. The van der Waals surface area contributed by atoms with Gasteiger partial charge in [0.1, 0.15) is 28.7 Å². The molecule has 1 aliphatic rings. The van der Waals surface area contributed by atoms with Crippen LogP contribution in [-0.2, 0) is 16.8 Å². The molecule has 0 spiro atoms. The molecule has 2 heterocycles. The van der Waals surface area contributed by atoms with E-state index in [1.165, 1.54) is 12.1 Å². The molecule has 0 aliphatic carbocycles. The molecule has 1 N–H and O–H groups in total. The number of ether oxygens (including phenoxy) is 1. The molecule has 0 amide bonds. The molecule has 4 rings (SSSR count). The summed E-state index contributed by atoms with van der Waals surface area (Å²) >= 11 is 7.11. The Hall–Kier alpha value is -2.47. The lowest BCUT2D eigenvalue weighted by atomic mass is 9.88. The maximum Gasteiger partial charge on any atom is 0.198 e. The van der Waals surface area contributed by atoms with Crippen LogP contribution in [0.15, 0.2) is 47.6 Å². The molecule has 9 heteroatoms. The van der Waals surface area contributed by atoms with Crippen molar-refractivity contribution in [1.29, 1.82) is 5.26 Å². The van der Waals surface area contributed by atoms with Gasteiger partial charge in [-0.2, -0.15) is 10.4 Å². The smallest absolute Gasteiger partial charge is 0.198 e. The zero-order valence-corrected chi connectivity index (χ0v) is 15.2. The molecule has 0 radical (unpaired) electrons. The Balaban J connectivity index is 1.75. The van der Waals surface area contributed by atoms with E-state index < -0.39 is 23.3 Å². The van der Waals surface area contributed by atoms with Crippen molar-refractivity contribution < 1.29 is 13.5 Å². The maximum atomic E-state index is 14.6. The van der Waals surface area contributed by atoms with Crippen LogP contribution in [0.3, 0.4) is 0 Å². The number of nitrogens with one attached hydrogen (secondary N) is 1. The van der Waals surface area contributed by atoms with E-state index in [9.17, 15) is 8.78 Å². The Bertz CT molecular complexity index is 1050. The largest absolute Gasteiger partial charge is 0.355 e. The number of halogens is 3. The monoisotopic (exact) mass is 404 g/mol. The van der Waals surface area contributed by atoms with Gasteiger partial charge < -0.3 is 4.74 Å². The lowest BCUT2D eigenvalue weighted by Crippen LogP contribution is -2.17. The fraction of sp³-hybridized carbons (Fsp3) is 0.167. The van der Waals surface area contributed by atoms with Gasteiger partial charge in [0.25, 0.3) is 0 Å². The first-order chi connectivity index (χ1) is 13.0. The average molecular weight is 405 g/mol. The van der Waals surface area contributed by atoms with Gasteiger partial charge in [0, 0.05) is 40.4 Å². The molecule has 1 saturated heterocycles. The maximum absolute atomic E-state index is 14.6. The van der Waals surface area contributed by atoms with E-state index >= 15 is 0 Å². The van der Waals surface area contributed by atoms with Crippen LogP contribution in [0.4, 0.5) is 8.78 Å². The minimum absolute atomic E-state index is 0.133. The summed E-state index contributed by atoms with van der Waals surface area (Å²) < 4.78 is 33.9. The first-order valence-corrected chi connectivity index (χ1v) is 9.08. The van der Waals surface area contributed by atoms with Crippen molar-refractivity contribution in [2.24, 2.45) is 0 Å². The Morgan fingerprint density at radius 1 is 1.30 bits per heavy atom. The van der Waals surface area contributed by atoms with E-state index in [0.29, 0.717) is 21.6 Å². The quantitative estimate of drug-likeness (QED) is 0.384. The number of hydrogen-bond donors (Lipinski definition) is 1. The van der Waals surface area contributed by atoms with Gasteiger partial charge >= 0.3 is 0 Å². The summed E-state index contributed by atoms with van der Waals surface area (Å²) in [4.78, 5) is 4.21. The van der Waals surface area contributed by atoms with Crippen LogP contribution < -0.4 is 0 Å². The fourth-order valence-electron chi connectivity index (χ4n) is 3.13. The van der Waals surface area contributed by atoms with Crippen LogP contribution in [0.25, 0.3) is 0 Å². The minimum Gasteiger partial charge on any atom is -0.355 e. The Kier molecular flexibility index (Phi) is 4.60. The summed E-state index contributed by atoms with van der Waals surface area (Å²) in [7, 11) is 0. The van der Waals surface area contributed by atoms with Gasteiger partial charge in [0.05, 0.1) is 0 Å². The Labute approximate surface area is 162 Å². The normalized spacial score (nSPS) is 21.0. The molecule has 0 unspecified atom stereocenters. The molecule has 0 saturated carbocycles. The van der Waals surface area contributed by atoms with E-state index in [-0.39, 0.29) is 12.0 Å². The van der Waals surface area contributed by atoms with Crippen molar-refractivity contribution >= 4 is 23.4 Å². The molecule has 1 aliphatic heterocycles. The predicted molar refractivity (Wildman–Crippen MR) is 94.9 cm³/mol. The number of rotatable bonds is 5. The fourth-order valence-corrected chi connectivity index (χ4v) is 3.69. The minimum atomic E-state index is -1.11. The summed E-state index contributed by atoms with van der Waals surface area (Å²) in [5.74, 6) is -1.04. The molecule has 1 aromatic heterocycles. The van der Waals surface area contributed by atoms with E-state index in [0.717, 1.165) is 17.8 Å². The number of epoxide rings is 1. The number of hydrogen-bond acceptors (Lipinski definition) is 5. The van der Waals surface area contributed by atoms with Crippen LogP contribution in [0.2, 0.25) is 5.02 Å². The number of nitrogens with zero attached hydrogens (tertiary/aromatic N) is 3. The van der Waals surface area contributed by atoms with Crippen molar-refractivity contribution in [3.63, 3.8) is 0 Å². The van der Waals surface area contributed by atoms with Gasteiger partial charge in [-0.25, -0.2) is 13.8 Å². The number of nitriles is 1. The Morgan fingerprint density at radius 2 is 2.11 bits per heavy atom. The molecule has 3 aromatic rings. The number of aromatic amines is 1. The molecular formula is C18H11ClF2N4OS. The third-order valence-electron chi connectivity index (χ3n) is 4.34. The van der Waals surface area contributed by atoms with Crippen LogP contribution >= 0.6 is 23.4 Å². The van der Waals surface area contributed by atoms with E-state index in [1.807, 2.05) is 11.5 Å². The van der Waals surface area contributed by atoms with Crippen LogP contribution in [-0.4, -0.2) is 15.2 Å². The summed E-state index contributed by atoms with van der Waals surface area (Å²) in [5.41, 5.74) is -0.210. The molecule has 136 valence electrons. The van der Waals surface area contributed by atoms with Crippen molar-refractivity contribution in [3.05, 3.63) is 76.1 Å². The van der Waals surface area contributed by atoms with Crippen molar-refractivity contribution in [3.8, 4) is 5.40 Å². The number of thioether (sulfide) groups is 1. The van der Waals surface area contributed by atoms with Crippen molar-refractivity contribution in [2.45, 2.75) is 23.3 Å². The van der Waals surface area contributed by atoms with Crippen molar-refractivity contribution in [2.75, 3.05) is 0 Å². The number of aromatic nitrogens is 3. The lowest BCUT2D eigenvalue weighted by molar-refractivity contribution is 0.285.